The number of hydrogen-bond donors (Lipinski definition) is 1. The number of nitrogens with one attached hydrogen (secondary N) is 1. The van der Waals surface area contributed by atoms with Gasteiger partial charge in [-0.1, -0.05) is 0 Å². The highest BCUT2D eigenvalue weighted by atomic mass is 16.2. The van der Waals surface area contributed by atoms with Crippen LogP contribution in [0, 0.1) is 5.92 Å². The van der Waals surface area contributed by atoms with E-state index < -0.39 is 0 Å². The molecule has 3 heterocycles. The predicted molar refractivity (Wildman–Crippen MR) is 94.8 cm³/mol. The van der Waals surface area contributed by atoms with Crippen LogP contribution < -0.4 is 5.32 Å². The maximum Gasteiger partial charge on any atom is 0.237 e. The van der Waals surface area contributed by atoms with E-state index in [4.69, 9.17) is 0 Å². The van der Waals surface area contributed by atoms with E-state index in [0.29, 0.717) is 12.5 Å². The fourth-order valence-corrected chi connectivity index (χ4v) is 3.91. The molecule has 0 spiro atoms. The quantitative estimate of drug-likeness (QED) is 0.852. The van der Waals surface area contributed by atoms with Crippen molar-refractivity contribution in [3.63, 3.8) is 0 Å². The topological polar surface area (TPSA) is 70.5 Å². The molecule has 0 aliphatic carbocycles. The molecule has 0 bridgehead atoms. The number of aromatic nitrogens is 2. The summed E-state index contributed by atoms with van der Waals surface area (Å²) in [6.07, 6.45) is 7.94. The normalized spacial score (nSPS) is 23.1. The molecule has 0 saturated carbocycles. The molecule has 2 aliphatic heterocycles. The first-order valence-electron chi connectivity index (χ1n) is 9.31. The standard InChI is InChI=1S/C18H29N5O2/c1-14(2)23-10-6-20-18(25)16(23)11-17(24)22-7-3-15(4-8-22)12-21-9-5-19-13-21/h5,9,13-16H,3-4,6-8,10-12H2,1-2H3,(H,20,25)/t16-/m1/s1. The summed E-state index contributed by atoms with van der Waals surface area (Å²) in [5.74, 6) is 0.681. The Bertz CT molecular complexity index is 578. The molecular weight excluding hydrogens is 318 g/mol. The van der Waals surface area contributed by atoms with E-state index in [1.165, 1.54) is 0 Å². The number of piperidine rings is 1. The minimum absolute atomic E-state index is 0.0108. The van der Waals surface area contributed by atoms with E-state index in [0.717, 1.165) is 39.0 Å². The number of carbonyl (C=O) groups is 2. The fraction of sp³-hybridized carbons (Fsp3) is 0.722. The molecule has 1 N–H and O–H groups in total. The van der Waals surface area contributed by atoms with Crippen molar-refractivity contribution in [2.45, 2.75) is 51.7 Å². The van der Waals surface area contributed by atoms with Gasteiger partial charge in [0, 0.05) is 51.2 Å². The van der Waals surface area contributed by atoms with Crippen LogP contribution in [-0.4, -0.2) is 69.4 Å². The third kappa shape index (κ3) is 4.39. The first-order chi connectivity index (χ1) is 12.0. The minimum Gasteiger partial charge on any atom is -0.353 e. The second kappa shape index (κ2) is 7.99. The number of rotatable bonds is 5. The van der Waals surface area contributed by atoms with Gasteiger partial charge in [-0.3, -0.25) is 14.5 Å². The van der Waals surface area contributed by atoms with Gasteiger partial charge >= 0.3 is 0 Å². The lowest BCUT2D eigenvalue weighted by Gasteiger charge is -2.39. The van der Waals surface area contributed by atoms with Crippen LogP contribution in [-0.2, 0) is 16.1 Å². The van der Waals surface area contributed by atoms with Gasteiger partial charge in [-0.05, 0) is 32.6 Å². The van der Waals surface area contributed by atoms with Crippen LogP contribution in [0.15, 0.2) is 18.7 Å². The summed E-state index contributed by atoms with van der Waals surface area (Å²) in [7, 11) is 0. The summed E-state index contributed by atoms with van der Waals surface area (Å²) in [6.45, 7) is 8.18. The maximum atomic E-state index is 12.7. The summed E-state index contributed by atoms with van der Waals surface area (Å²) >= 11 is 0. The molecule has 0 radical (unpaired) electrons. The molecule has 7 nitrogen and oxygen atoms in total. The van der Waals surface area contributed by atoms with Crippen molar-refractivity contribution >= 4 is 11.8 Å². The molecule has 2 saturated heterocycles. The zero-order chi connectivity index (χ0) is 17.8. The monoisotopic (exact) mass is 347 g/mol. The van der Waals surface area contributed by atoms with Gasteiger partial charge in [-0.2, -0.15) is 0 Å². The van der Waals surface area contributed by atoms with E-state index in [1.807, 2.05) is 17.4 Å². The molecule has 1 aromatic heterocycles. The van der Waals surface area contributed by atoms with Crippen LogP contribution in [0.4, 0.5) is 0 Å². The van der Waals surface area contributed by atoms with Crippen molar-refractivity contribution in [2.24, 2.45) is 5.92 Å². The average Bonchev–Trinajstić information content (AvgIpc) is 3.10. The van der Waals surface area contributed by atoms with E-state index in [2.05, 4.69) is 33.6 Å². The molecule has 7 heteroatoms. The molecule has 1 aromatic rings. The fourth-order valence-electron chi connectivity index (χ4n) is 3.91. The average molecular weight is 347 g/mol. The molecule has 2 aliphatic rings. The highest BCUT2D eigenvalue weighted by molar-refractivity contribution is 5.88. The van der Waals surface area contributed by atoms with E-state index in [9.17, 15) is 9.59 Å². The Hall–Kier alpha value is -1.89. The first kappa shape index (κ1) is 17.9. The molecule has 25 heavy (non-hydrogen) atoms. The van der Waals surface area contributed by atoms with Crippen molar-refractivity contribution in [3.05, 3.63) is 18.7 Å². The van der Waals surface area contributed by atoms with Crippen LogP contribution in [0.1, 0.15) is 33.1 Å². The zero-order valence-electron chi connectivity index (χ0n) is 15.2. The molecule has 3 rings (SSSR count). The largest absolute Gasteiger partial charge is 0.353 e. The summed E-state index contributed by atoms with van der Waals surface area (Å²) in [5, 5.41) is 2.90. The second-order valence-electron chi connectivity index (χ2n) is 7.43. The van der Waals surface area contributed by atoms with E-state index in [-0.39, 0.29) is 30.3 Å². The Morgan fingerprint density at radius 3 is 2.72 bits per heavy atom. The van der Waals surface area contributed by atoms with Gasteiger partial charge < -0.3 is 14.8 Å². The molecule has 0 unspecified atom stereocenters. The third-order valence-electron chi connectivity index (χ3n) is 5.40. The molecule has 138 valence electrons. The van der Waals surface area contributed by atoms with Gasteiger partial charge in [0.05, 0.1) is 18.8 Å². The van der Waals surface area contributed by atoms with Gasteiger partial charge in [0.2, 0.25) is 11.8 Å². The SMILES string of the molecule is CC(C)N1CCNC(=O)[C@H]1CC(=O)N1CCC(Cn2ccnc2)CC1. The molecule has 1 atom stereocenters. The van der Waals surface area contributed by atoms with Crippen molar-refractivity contribution in [1.29, 1.82) is 0 Å². The van der Waals surface area contributed by atoms with Crippen LogP contribution in [0.25, 0.3) is 0 Å². The number of imidazole rings is 1. The number of carbonyl (C=O) groups excluding carboxylic acids is 2. The zero-order valence-corrected chi connectivity index (χ0v) is 15.2. The number of hydrogen-bond acceptors (Lipinski definition) is 4. The first-order valence-corrected chi connectivity index (χ1v) is 9.31. The summed E-state index contributed by atoms with van der Waals surface area (Å²) in [5.41, 5.74) is 0. The van der Waals surface area contributed by atoms with Crippen molar-refractivity contribution < 1.29 is 9.59 Å². The Morgan fingerprint density at radius 2 is 2.08 bits per heavy atom. The number of likely N-dealkylation sites (tertiary alicyclic amines) is 1. The number of amides is 2. The third-order valence-corrected chi connectivity index (χ3v) is 5.40. The highest BCUT2D eigenvalue weighted by Crippen LogP contribution is 2.21. The number of piperazine rings is 1. The van der Waals surface area contributed by atoms with Crippen molar-refractivity contribution in [3.8, 4) is 0 Å². The summed E-state index contributed by atoms with van der Waals surface area (Å²) < 4.78 is 2.11. The van der Waals surface area contributed by atoms with Gasteiger partial charge in [-0.25, -0.2) is 4.98 Å². The van der Waals surface area contributed by atoms with Crippen LogP contribution in [0.3, 0.4) is 0 Å². The van der Waals surface area contributed by atoms with E-state index >= 15 is 0 Å². The minimum atomic E-state index is -0.329. The van der Waals surface area contributed by atoms with Crippen molar-refractivity contribution in [1.82, 2.24) is 24.7 Å². The van der Waals surface area contributed by atoms with Crippen molar-refractivity contribution in [2.75, 3.05) is 26.2 Å². The maximum absolute atomic E-state index is 12.7. The van der Waals surface area contributed by atoms with Crippen LogP contribution in [0.5, 0.6) is 0 Å². The van der Waals surface area contributed by atoms with Gasteiger partial charge in [0.25, 0.3) is 0 Å². The summed E-state index contributed by atoms with van der Waals surface area (Å²) in [6, 6.07) is -0.0605. The van der Waals surface area contributed by atoms with Gasteiger partial charge in [0.15, 0.2) is 0 Å². The summed E-state index contributed by atoms with van der Waals surface area (Å²) in [4.78, 5) is 33.1. The van der Waals surface area contributed by atoms with Crippen LogP contribution >= 0.6 is 0 Å². The Morgan fingerprint density at radius 1 is 1.32 bits per heavy atom. The van der Waals surface area contributed by atoms with Gasteiger partial charge in [0.1, 0.15) is 0 Å². The Balaban J connectivity index is 1.51. The lowest BCUT2D eigenvalue weighted by Crippen LogP contribution is -2.58. The second-order valence-corrected chi connectivity index (χ2v) is 7.43. The molecular formula is C18H29N5O2. The van der Waals surface area contributed by atoms with Gasteiger partial charge in [-0.15, -0.1) is 0 Å². The molecule has 2 amide bonds. The Kier molecular flexibility index (Phi) is 5.73. The highest BCUT2D eigenvalue weighted by Gasteiger charge is 2.34. The van der Waals surface area contributed by atoms with E-state index in [1.54, 1.807) is 6.20 Å². The lowest BCUT2D eigenvalue weighted by atomic mass is 9.96. The number of nitrogens with zero attached hydrogens (tertiary/aromatic N) is 4. The smallest absolute Gasteiger partial charge is 0.237 e. The lowest BCUT2D eigenvalue weighted by molar-refractivity contribution is -0.140. The molecule has 2 fully saturated rings. The molecule has 0 aromatic carbocycles. The predicted octanol–water partition coefficient (Wildman–Crippen LogP) is 0.721. The Labute approximate surface area is 149 Å². The van der Waals surface area contributed by atoms with Crippen LogP contribution in [0.2, 0.25) is 0 Å².